The van der Waals surface area contributed by atoms with Crippen molar-refractivity contribution in [3.63, 3.8) is 0 Å². The zero-order valence-corrected chi connectivity index (χ0v) is 6.40. The van der Waals surface area contributed by atoms with Crippen LogP contribution in [0.5, 0.6) is 0 Å². The molecule has 0 rings (SSSR count). The second kappa shape index (κ2) is 4.97. The van der Waals surface area contributed by atoms with Gasteiger partial charge in [0.25, 0.3) is 0 Å². The molecule has 0 aromatic heterocycles. The van der Waals surface area contributed by atoms with Crippen LogP contribution in [0.1, 0.15) is 0 Å². The SMILES string of the molecule is CSC/C=N/N(C)C. The standard InChI is InChI=1S/C5H12N2S/c1-7(2)6-4-5-8-3/h4H,5H2,1-3H3/b6-4+. The molecule has 0 aliphatic carbocycles. The molecule has 0 aliphatic heterocycles. The van der Waals surface area contributed by atoms with Crippen molar-refractivity contribution in [1.82, 2.24) is 5.01 Å². The Bertz CT molecular complexity index is 70.8. The van der Waals surface area contributed by atoms with Crippen molar-refractivity contribution >= 4 is 18.0 Å². The van der Waals surface area contributed by atoms with E-state index in [0.29, 0.717) is 0 Å². The number of hydrogen-bond donors (Lipinski definition) is 0. The lowest BCUT2D eigenvalue weighted by molar-refractivity contribution is 0.440. The molecule has 0 saturated heterocycles. The van der Waals surface area contributed by atoms with Crippen molar-refractivity contribution in [2.24, 2.45) is 5.10 Å². The number of hydrogen-bond acceptors (Lipinski definition) is 3. The molecule has 0 atom stereocenters. The molecule has 0 aliphatic rings. The first-order valence-corrected chi connectivity index (χ1v) is 3.85. The molecular weight excluding hydrogens is 120 g/mol. The molecule has 0 N–H and O–H groups in total. The van der Waals surface area contributed by atoms with Gasteiger partial charge < -0.3 is 5.01 Å². The van der Waals surface area contributed by atoms with Crippen molar-refractivity contribution < 1.29 is 0 Å². The quantitative estimate of drug-likeness (QED) is 0.419. The Morgan fingerprint density at radius 3 is 2.62 bits per heavy atom. The summed E-state index contributed by atoms with van der Waals surface area (Å²) in [7, 11) is 3.83. The topological polar surface area (TPSA) is 15.6 Å². The summed E-state index contributed by atoms with van der Waals surface area (Å²) in [6.45, 7) is 0. The highest BCUT2D eigenvalue weighted by atomic mass is 32.2. The van der Waals surface area contributed by atoms with E-state index < -0.39 is 0 Å². The second-order valence-corrected chi connectivity index (χ2v) is 2.51. The fourth-order valence-corrected chi connectivity index (χ4v) is 0.487. The van der Waals surface area contributed by atoms with E-state index in [0.717, 1.165) is 5.75 Å². The lowest BCUT2D eigenvalue weighted by Gasteiger charge is -2.00. The van der Waals surface area contributed by atoms with Gasteiger partial charge in [0.05, 0.1) is 0 Å². The average molecular weight is 132 g/mol. The smallest absolute Gasteiger partial charge is 0.0343 e. The van der Waals surface area contributed by atoms with E-state index >= 15 is 0 Å². The van der Waals surface area contributed by atoms with E-state index in [1.807, 2.05) is 20.3 Å². The Hall–Kier alpha value is -0.180. The Morgan fingerprint density at radius 2 is 2.25 bits per heavy atom. The molecule has 0 unspecified atom stereocenters. The molecule has 0 radical (unpaired) electrons. The van der Waals surface area contributed by atoms with Crippen LogP contribution >= 0.6 is 11.8 Å². The first kappa shape index (κ1) is 7.82. The van der Waals surface area contributed by atoms with Gasteiger partial charge in [0.15, 0.2) is 0 Å². The first-order chi connectivity index (χ1) is 3.77. The first-order valence-electron chi connectivity index (χ1n) is 2.46. The molecule has 48 valence electrons. The van der Waals surface area contributed by atoms with E-state index in [1.54, 1.807) is 16.8 Å². The zero-order valence-electron chi connectivity index (χ0n) is 5.59. The molecular formula is C5H12N2S. The molecule has 0 spiro atoms. The maximum Gasteiger partial charge on any atom is 0.0343 e. The summed E-state index contributed by atoms with van der Waals surface area (Å²) in [5.74, 6) is 0.998. The summed E-state index contributed by atoms with van der Waals surface area (Å²) in [4.78, 5) is 0. The molecule has 0 aromatic rings. The van der Waals surface area contributed by atoms with Gasteiger partial charge in [-0.25, -0.2) is 0 Å². The van der Waals surface area contributed by atoms with Crippen LogP contribution in [0.4, 0.5) is 0 Å². The van der Waals surface area contributed by atoms with Gasteiger partial charge in [-0.15, -0.1) is 0 Å². The average Bonchev–Trinajstić information content (AvgIpc) is 1.66. The van der Waals surface area contributed by atoms with Gasteiger partial charge in [0.1, 0.15) is 0 Å². The van der Waals surface area contributed by atoms with Crippen LogP contribution < -0.4 is 0 Å². The second-order valence-electron chi connectivity index (χ2n) is 1.60. The van der Waals surface area contributed by atoms with Gasteiger partial charge in [0.2, 0.25) is 0 Å². The third-order valence-corrected chi connectivity index (χ3v) is 1.04. The Balaban J connectivity index is 3.07. The van der Waals surface area contributed by atoms with E-state index in [9.17, 15) is 0 Å². The minimum atomic E-state index is 0.998. The Kier molecular flexibility index (Phi) is 4.85. The highest BCUT2D eigenvalue weighted by Crippen LogP contribution is 1.85. The van der Waals surface area contributed by atoms with Crippen LogP contribution in [0.25, 0.3) is 0 Å². The van der Waals surface area contributed by atoms with Crippen LogP contribution in [0, 0.1) is 0 Å². The van der Waals surface area contributed by atoms with Gasteiger partial charge in [-0.2, -0.15) is 16.9 Å². The van der Waals surface area contributed by atoms with Gasteiger partial charge in [-0.3, -0.25) is 0 Å². The molecule has 0 bridgehead atoms. The highest BCUT2D eigenvalue weighted by Gasteiger charge is 1.74. The molecule has 0 heterocycles. The summed E-state index contributed by atoms with van der Waals surface area (Å²) in [5, 5.41) is 5.79. The van der Waals surface area contributed by atoms with Crippen molar-refractivity contribution in [1.29, 1.82) is 0 Å². The molecule has 0 fully saturated rings. The van der Waals surface area contributed by atoms with Crippen LogP contribution in [0.2, 0.25) is 0 Å². The Labute approximate surface area is 54.9 Å². The summed E-state index contributed by atoms with van der Waals surface area (Å²) in [6, 6.07) is 0. The largest absolute Gasteiger partial charge is 0.303 e. The fourth-order valence-electron chi connectivity index (χ4n) is 0.271. The van der Waals surface area contributed by atoms with Gasteiger partial charge in [-0.05, 0) is 6.26 Å². The van der Waals surface area contributed by atoms with E-state index in [-0.39, 0.29) is 0 Å². The van der Waals surface area contributed by atoms with Crippen molar-refractivity contribution in [3.05, 3.63) is 0 Å². The van der Waals surface area contributed by atoms with Crippen LogP contribution in [-0.4, -0.2) is 37.3 Å². The number of rotatable bonds is 3. The number of thioether (sulfide) groups is 1. The predicted octanol–water partition coefficient (Wildman–Crippen LogP) is 0.897. The lowest BCUT2D eigenvalue weighted by atomic mass is 10.9. The minimum absolute atomic E-state index is 0.998. The third kappa shape index (κ3) is 5.82. The summed E-state index contributed by atoms with van der Waals surface area (Å²) in [6.07, 6.45) is 3.95. The van der Waals surface area contributed by atoms with Gasteiger partial charge >= 0.3 is 0 Å². The van der Waals surface area contributed by atoms with Crippen molar-refractivity contribution in [2.75, 3.05) is 26.1 Å². The molecule has 0 saturated carbocycles. The summed E-state index contributed by atoms with van der Waals surface area (Å²) in [5.41, 5.74) is 0. The third-order valence-electron chi connectivity index (χ3n) is 0.554. The number of hydrazone groups is 1. The molecule has 8 heavy (non-hydrogen) atoms. The normalized spacial score (nSPS) is 10.4. The van der Waals surface area contributed by atoms with Gasteiger partial charge in [0, 0.05) is 26.1 Å². The van der Waals surface area contributed by atoms with Crippen molar-refractivity contribution in [3.8, 4) is 0 Å². The molecule has 0 amide bonds. The van der Waals surface area contributed by atoms with E-state index in [1.165, 1.54) is 0 Å². The Morgan fingerprint density at radius 1 is 1.62 bits per heavy atom. The van der Waals surface area contributed by atoms with Crippen LogP contribution in [-0.2, 0) is 0 Å². The summed E-state index contributed by atoms with van der Waals surface area (Å²) >= 11 is 1.77. The maximum atomic E-state index is 4.00. The minimum Gasteiger partial charge on any atom is -0.303 e. The maximum absolute atomic E-state index is 4.00. The molecule has 3 heteroatoms. The predicted molar refractivity (Wildman–Crippen MR) is 40.6 cm³/mol. The van der Waals surface area contributed by atoms with Crippen LogP contribution in [0.15, 0.2) is 5.10 Å². The number of nitrogens with zero attached hydrogens (tertiary/aromatic N) is 2. The lowest BCUT2D eigenvalue weighted by Crippen LogP contribution is -2.01. The monoisotopic (exact) mass is 132 g/mol. The van der Waals surface area contributed by atoms with Crippen molar-refractivity contribution in [2.45, 2.75) is 0 Å². The van der Waals surface area contributed by atoms with E-state index in [2.05, 4.69) is 11.4 Å². The fraction of sp³-hybridized carbons (Fsp3) is 0.800. The van der Waals surface area contributed by atoms with Crippen LogP contribution in [0.3, 0.4) is 0 Å². The molecule has 0 aromatic carbocycles. The zero-order chi connectivity index (χ0) is 6.41. The highest BCUT2D eigenvalue weighted by molar-refractivity contribution is 7.99. The van der Waals surface area contributed by atoms with Gasteiger partial charge in [-0.1, -0.05) is 0 Å². The summed E-state index contributed by atoms with van der Waals surface area (Å²) < 4.78 is 0. The molecule has 2 nitrogen and oxygen atoms in total. The van der Waals surface area contributed by atoms with E-state index in [4.69, 9.17) is 0 Å².